The van der Waals surface area contributed by atoms with E-state index >= 15 is 0 Å². The Labute approximate surface area is 174 Å². The van der Waals surface area contributed by atoms with Gasteiger partial charge in [-0.3, -0.25) is 4.79 Å². The second kappa shape index (κ2) is 10.0. The summed E-state index contributed by atoms with van der Waals surface area (Å²) in [6, 6.07) is 6.13. The highest BCUT2D eigenvalue weighted by molar-refractivity contribution is 7.89. The number of carbonyl (C=O) groups excluding carboxylic acids is 1. The summed E-state index contributed by atoms with van der Waals surface area (Å²) in [4.78, 5) is 12.6. The van der Waals surface area contributed by atoms with Crippen LogP contribution in [-0.2, 0) is 14.8 Å². The van der Waals surface area contributed by atoms with Crippen LogP contribution in [0.15, 0.2) is 29.2 Å². The van der Waals surface area contributed by atoms with Crippen LogP contribution in [-0.4, -0.2) is 56.0 Å². The van der Waals surface area contributed by atoms with Crippen molar-refractivity contribution in [1.29, 1.82) is 0 Å². The Balaban J connectivity index is 0.00000392. The van der Waals surface area contributed by atoms with Gasteiger partial charge < -0.3 is 15.8 Å². The smallest absolute Gasteiger partial charge is 0.251 e. The Morgan fingerprint density at radius 2 is 1.82 bits per heavy atom. The molecule has 1 aromatic rings. The van der Waals surface area contributed by atoms with E-state index in [1.165, 1.54) is 16.4 Å². The number of sulfonamides is 1. The summed E-state index contributed by atoms with van der Waals surface area (Å²) in [5.74, 6) is -0.326. The van der Waals surface area contributed by atoms with Crippen molar-refractivity contribution in [3.63, 3.8) is 0 Å². The number of carbonyl (C=O) groups is 1. The van der Waals surface area contributed by atoms with Crippen LogP contribution in [0.25, 0.3) is 0 Å². The van der Waals surface area contributed by atoms with Crippen molar-refractivity contribution in [3.05, 3.63) is 29.8 Å². The van der Waals surface area contributed by atoms with E-state index in [0.717, 1.165) is 12.8 Å². The van der Waals surface area contributed by atoms with E-state index < -0.39 is 15.6 Å². The first-order valence-electron chi connectivity index (χ1n) is 9.44. The van der Waals surface area contributed by atoms with Gasteiger partial charge in [0.25, 0.3) is 5.91 Å². The first kappa shape index (κ1) is 24.8. The van der Waals surface area contributed by atoms with Crippen LogP contribution in [0.1, 0.15) is 50.9 Å². The van der Waals surface area contributed by atoms with Crippen molar-refractivity contribution in [1.82, 2.24) is 9.62 Å². The maximum Gasteiger partial charge on any atom is 0.251 e. The first-order valence-corrected chi connectivity index (χ1v) is 10.9. The van der Waals surface area contributed by atoms with Gasteiger partial charge in [0.1, 0.15) is 0 Å². The summed E-state index contributed by atoms with van der Waals surface area (Å²) < 4.78 is 33.0. The average molecular weight is 434 g/mol. The predicted octanol–water partition coefficient (Wildman–Crippen LogP) is 2.15. The fourth-order valence-corrected chi connectivity index (χ4v) is 4.77. The van der Waals surface area contributed by atoms with Gasteiger partial charge in [0.2, 0.25) is 10.0 Å². The molecule has 1 amide bonds. The summed E-state index contributed by atoms with van der Waals surface area (Å²) in [5, 5.41) is 2.82. The van der Waals surface area contributed by atoms with Crippen LogP contribution < -0.4 is 11.1 Å². The fourth-order valence-electron chi connectivity index (χ4n) is 3.13. The zero-order valence-electron chi connectivity index (χ0n) is 17.0. The number of benzene rings is 1. The molecule has 2 atom stereocenters. The Kier molecular flexibility index (Phi) is 8.90. The number of rotatable bonds is 7. The van der Waals surface area contributed by atoms with E-state index in [1.54, 1.807) is 12.1 Å². The number of nitrogens with two attached hydrogens (primary N) is 1. The third-order valence-corrected chi connectivity index (χ3v) is 6.96. The van der Waals surface area contributed by atoms with Crippen molar-refractivity contribution in [2.75, 3.05) is 19.6 Å². The molecule has 3 N–H and O–H groups in total. The van der Waals surface area contributed by atoms with Crippen molar-refractivity contribution in [3.8, 4) is 0 Å². The van der Waals surface area contributed by atoms with Crippen LogP contribution in [0.3, 0.4) is 0 Å². The van der Waals surface area contributed by atoms with Gasteiger partial charge >= 0.3 is 0 Å². The fraction of sp³-hybridized carbons (Fsp3) is 0.632. The minimum Gasteiger partial charge on any atom is -0.373 e. The predicted molar refractivity (Wildman–Crippen MR) is 112 cm³/mol. The molecular weight excluding hydrogens is 402 g/mol. The molecule has 1 heterocycles. The van der Waals surface area contributed by atoms with E-state index in [9.17, 15) is 13.2 Å². The first-order chi connectivity index (χ1) is 12.6. The molecule has 0 spiro atoms. The number of hydrogen-bond acceptors (Lipinski definition) is 5. The molecule has 2 rings (SSSR count). The number of nitrogens with one attached hydrogen (secondary N) is 1. The second-order valence-electron chi connectivity index (χ2n) is 7.36. The zero-order valence-corrected chi connectivity index (χ0v) is 18.6. The Morgan fingerprint density at radius 3 is 2.36 bits per heavy atom. The highest BCUT2D eigenvalue weighted by Gasteiger charge is 2.32. The number of ether oxygens (including phenoxy) is 1. The molecule has 0 saturated carbocycles. The molecule has 0 bridgehead atoms. The molecule has 0 aromatic heterocycles. The molecule has 0 radical (unpaired) electrons. The van der Waals surface area contributed by atoms with Crippen molar-refractivity contribution >= 4 is 28.3 Å². The van der Waals surface area contributed by atoms with E-state index in [1.807, 2.05) is 27.7 Å². The van der Waals surface area contributed by atoms with Gasteiger partial charge in [-0.1, -0.05) is 19.9 Å². The van der Waals surface area contributed by atoms with E-state index in [4.69, 9.17) is 10.5 Å². The lowest BCUT2D eigenvalue weighted by Crippen LogP contribution is -2.49. The topological polar surface area (TPSA) is 102 Å². The van der Waals surface area contributed by atoms with Crippen molar-refractivity contribution < 1.29 is 17.9 Å². The largest absolute Gasteiger partial charge is 0.373 e. The van der Waals surface area contributed by atoms with E-state index in [0.29, 0.717) is 25.2 Å². The molecule has 1 aromatic carbocycles. The standard InChI is InChI=1S/C19H31N3O4S.ClH/c1-5-19(20,6-2)13-21-18(23)16-8-7-9-17(10-16)27(24,25)22-11-14(3)26-15(4)12-22;/h7-10,14-15H,5-6,11-13,20H2,1-4H3,(H,21,23);1H. The number of hydrogen-bond donors (Lipinski definition) is 2. The van der Waals surface area contributed by atoms with Gasteiger partial charge in [0, 0.05) is 30.7 Å². The van der Waals surface area contributed by atoms with Crippen LogP contribution in [0.5, 0.6) is 0 Å². The number of morpholine rings is 1. The highest BCUT2D eigenvalue weighted by atomic mass is 35.5. The monoisotopic (exact) mass is 433 g/mol. The molecular formula is C19H32ClN3O4S. The Morgan fingerprint density at radius 1 is 1.25 bits per heavy atom. The van der Waals surface area contributed by atoms with Crippen LogP contribution in [0, 0.1) is 0 Å². The molecule has 7 nitrogen and oxygen atoms in total. The van der Waals surface area contributed by atoms with Gasteiger partial charge in [0.05, 0.1) is 17.1 Å². The summed E-state index contributed by atoms with van der Waals surface area (Å²) in [7, 11) is -3.69. The molecule has 9 heteroatoms. The lowest BCUT2D eigenvalue weighted by Gasteiger charge is -2.34. The molecule has 0 aliphatic carbocycles. The highest BCUT2D eigenvalue weighted by Crippen LogP contribution is 2.22. The molecule has 1 aliphatic rings. The number of amides is 1. The van der Waals surface area contributed by atoms with Crippen molar-refractivity contribution in [2.45, 2.75) is 63.2 Å². The third kappa shape index (κ3) is 5.90. The third-order valence-electron chi connectivity index (χ3n) is 5.13. The van der Waals surface area contributed by atoms with Crippen LogP contribution in [0.4, 0.5) is 0 Å². The second-order valence-corrected chi connectivity index (χ2v) is 9.30. The van der Waals surface area contributed by atoms with Gasteiger partial charge in [0.15, 0.2) is 0 Å². The van der Waals surface area contributed by atoms with Crippen LogP contribution in [0.2, 0.25) is 0 Å². The van der Waals surface area contributed by atoms with Crippen LogP contribution >= 0.6 is 12.4 Å². The quantitative estimate of drug-likeness (QED) is 0.686. The lowest BCUT2D eigenvalue weighted by molar-refractivity contribution is -0.0440. The minimum absolute atomic E-state index is 0. The van der Waals surface area contributed by atoms with E-state index in [-0.39, 0.29) is 35.4 Å². The minimum atomic E-state index is -3.69. The van der Waals surface area contributed by atoms with Crippen molar-refractivity contribution in [2.24, 2.45) is 5.73 Å². The normalized spacial score (nSPS) is 21.0. The number of nitrogens with zero attached hydrogens (tertiary/aromatic N) is 1. The Bertz CT molecular complexity index is 758. The maximum absolute atomic E-state index is 13.0. The molecule has 2 unspecified atom stereocenters. The summed E-state index contributed by atoms with van der Waals surface area (Å²) >= 11 is 0. The Hall–Kier alpha value is -1.19. The lowest BCUT2D eigenvalue weighted by atomic mass is 9.94. The van der Waals surface area contributed by atoms with E-state index in [2.05, 4.69) is 5.32 Å². The molecule has 160 valence electrons. The summed E-state index contributed by atoms with van der Waals surface area (Å²) in [6.07, 6.45) is 1.14. The average Bonchev–Trinajstić information content (AvgIpc) is 2.65. The summed E-state index contributed by atoms with van der Waals surface area (Å²) in [6.45, 7) is 8.59. The van der Waals surface area contributed by atoms with Gasteiger partial charge in [-0.05, 0) is 44.9 Å². The SMILES string of the molecule is CCC(N)(CC)CNC(=O)c1cccc(S(=O)(=O)N2CC(C)OC(C)C2)c1.Cl. The molecule has 28 heavy (non-hydrogen) atoms. The molecule has 1 saturated heterocycles. The molecule has 1 aliphatic heterocycles. The van der Waals surface area contributed by atoms with Gasteiger partial charge in [-0.15, -0.1) is 12.4 Å². The van der Waals surface area contributed by atoms with Gasteiger partial charge in [-0.2, -0.15) is 4.31 Å². The summed E-state index contributed by atoms with van der Waals surface area (Å²) in [5.41, 5.74) is 6.06. The zero-order chi connectivity index (χ0) is 20.2. The maximum atomic E-state index is 13.0. The number of halogens is 1. The molecule has 1 fully saturated rings. The van der Waals surface area contributed by atoms with Gasteiger partial charge in [-0.25, -0.2) is 8.42 Å².